The molecule has 0 saturated heterocycles. The van der Waals surface area contributed by atoms with Crippen LogP contribution in [0.3, 0.4) is 0 Å². The number of aromatic nitrogens is 2. The molecule has 2 aromatic rings. The molecule has 1 aliphatic rings. The summed E-state index contributed by atoms with van der Waals surface area (Å²) in [4.78, 5) is 11.6. The van der Waals surface area contributed by atoms with E-state index in [9.17, 15) is 4.79 Å². The van der Waals surface area contributed by atoms with E-state index in [1.807, 2.05) is 47.3 Å². The van der Waals surface area contributed by atoms with Crippen LogP contribution in [0.25, 0.3) is 5.69 Å². The van der Waals surface area contributed by atoms with Crippen molar-refractivity contribution in [2.75, 3.05) is 0 Å². The molecule has 0 spiro atoms. The lowest BCUT2D eigenvalue weighted by Gasteiger charge is -2.23. The highest BCUT2D eigenvalue weighted by molar-refractivity contribution is 5.82. The molecular weight excluding hydrogens is 224 g/mol. The van der Waals surface area contributed by atoms with Crippen molar-refractivity contribution in [3.63, 3.8) is 0 Å². The van der Waals surface area contributed by atoms with E-state index in [-0.39, 0.29) is 5.41 Å². The van der Waals surface area contributed by atoms with Gasteiger partial charge in [0, 0.05) is 24.5 Å². The molecule has 1 atom stereocenters. The Balaban J connectivity index is 2.05. The van der Waals surface area contributed by atoms with Crippen molar-refractivity contribution in [3.8, 4) is 5.69 Å². The van der Waals surface area contributed by atoms with Crippen molar-refractivity contribution in [1.29, 1.82) is 0 Å². The summed E-state index contributed by atoms with van der Waals surface area (Å²) in [6, 6.07) is 12.1. The minimum Gasteiger partial charge on any atom is -0.300 e. The zero-order valence-electron chi connectivity index (χ0n) is 10.5. The second-order valence-electron chi connectivity index (χ2n) is 5.24. The van der Waals surface area contributed by atoms with Crippen molar-refractivity contribution in [2.24, 2.45) is 0 Å². The highest BCUT2D eigenvalue weighted by Crippen LogP contribution is 2.39. The van der Waals surface area contributed by atoms with Gasteiger partial charge >= 0.3 is 0 Å². The van der Waals surface area contributed by atoms with E-state index in [0.29, 0.717) is 18.6 Å². The number of benzene rings is 1. The van der Waals surface area contributed by atoms with Crippen LogP contribution in [0.4, 0.5) is 0 Å². The number of hydrogen-bond acceptors (Lipinski definition) is 2. The predicted octanol–water partition coefficient (Wildman–Crippen LogP) is 2.88. The van der Waals surface area contributed by atoms with E-state index in [1.165, 1.54) is 0 Å². The molecule has 3 heteroatoms. The van der Waals surface area contributed by atoms with Crippen molar-refractivity contribution in [3.05, 3.63) is 48.3 Å². The summed E-state index contributed by atoms with van der Waals surface area (Å²) < 4.78 is 1.96. The minimum absolute atomic E-state index is 0.0660. The SMILES string of the molecule is CC1(c2ccnn2-c2ccccc2)CCC(=O)C1. The molecule has 1 heterocycles. The van der Waals surface area contributed by atoms with Gasteiger partial charge in [0.2, 0.25) is 0 Å². The molecule has 3 nitrogen and oxygen atoms in total. The Labute approximate surface area is 106 Å². The number of hydrogen-bond donors (Lipinski definition) is 0. The van der Waals surface area contributed by atoms with E-state index < -0.39 is 0 Å². The lowest BCUT2D eigenvalue weighted by Crippen LogP contribution is -2.22. The monoisotopic (exact) mass is 240 g/mol. The number of rotatable bonds is 2. The predicted molar refractivity (Wildman–Crippen MR) is 69.8 cm³/mol. The molecule has 1 aliphatic carbocycles. The van der Waals surface area contributed by atoms with Crippen LogP contribution in [0.15, 0.2) is 42.6 Å². The molecule has 0 radical (unpaired) electrons. The molecular formula is C15H16N2O. The quantitative estimate of drug-likeness (QED) is 0.809. The average molecular weight is 240 g/mol. The fourth-order valence-electron chi connectivity index (χ4n) is 2.78. The van der Waals surface area contributed by atoms with Gasteiger partial charge in [-0.1, -0.05) is 25.1 Å². The van der Waals surface area contributed by atoms with Crippen LogP contribution in [-0.4, -0.2) is 15.6 Å². The van der Waals surface area contributed by atoms with Crippen LogP contribution in [0.2, 0.25) is 0 Å². The Bertz CT molecular complexity index is 573. The van der Waals surface area contributed by atoms with Gasteiger partial charge in [0.25, 0.3) is 0 Å². The highest BCUT2D eigenvalue weighted by Gasteiger charge is 2.38. The number of Topliss-reactive ketones (excluding diaryl/α,β-unsaturated/α-hetero) is 1. The number of ketones is 1. The smallest absolute Gasteiger partial charge is 0.133 e. The first-order chi connectivity index (χ1) is 8.69. The van der Waals surface area contributed by atoms with Gasteiger partial charge in [0.1, 0.15) is 5.78 Å². The van der Waals surface area contributed by atoms with Crippen LogP contribution in [0.5, 0.6) is 0 Å². The summed E-state index contributed by atoms with van der Waals surface area (Å²) >= 11 is 0. The largest absolute Gasteiger partial charge is 0.300 e. The molecule has 0 bridgehead atoms. The van der Waals surface area contributed by atoms with Crippen molar-refractivity contribution >= 4 is 5.78 Å². The molecule has 0 amide bonds. The third kappa shape index (κ3) is 1.76. The molecule has 1 aromatic carbocycles. The topological polar surface area (TPSA) is 34.9 Å². The normalized spacial score (nSPS) is 23.5. The third-order valence-corrected chi connectivity index (χ3v) is 3.80. The highest BCUT2D eigenvalue weighted by atomic mass is 16.1. The summed E-state index contributed by atoms with van der Waals surface area (Å²) in [7, 11) is 0. The van der Waals surface area contributed by atoms with Crippen LogP contribution in [0, 0.1) is 0 Å². The molecule has 3 rings (SSSR count). The summed E-state index contributed by atoms with van der Waals surface area (Å²) in [5.41, 5.74) is 2.13. The molecule has 92 valence electrons. The fraction of sp³-hybridized carbons (Fsp3) is 0.333. The van der Waals surface area contributed by atoms with E-state index in [1.54, 1.807) is 0 Å². The van der Waals surface area contributed by atoms with Gasteiger partial charge in [0.15, 0.2) is 0 Å². The molecule has 0 N–H and O–H groups in total. The van der Waals surface area contributed by atoms with Gasteiger partial charge < -0.3 is 0 Å². The number of carbonyl (C=O) groups is 1. The van der Waals surface area contributed by atoms with Crippen LogP contribution in [-0.2, 0) is 10.2 Å². The van der Waals surface area contributed by atoms with Gasteiger partial charge in [-0.3, -0.25) is 4.79 Å². The van der Waals surface area contributed by atoms with E-state index in [4.69, 9.17) is 0 Å². The number of para-hydroxylation sites is 1. The Morgan fingerprint density at radius 3 is 2.67 bits per heavy atom. The molecule has 1 unspecified atom stereocenters. The second-order valence-corrected chi connectivity index (χ2v) is 5.24. The zero-order chi connectivity index (χ0) is 12.6. The fourth-order valence-corrected chi connectivity index (χ4v) is 2.78. The van der Waals surface area contributed by atoms with Crippen molar-refractivity contribution < 1.29 is 4.79 Å². The van der Waals surface area contributed by atoms with E-state index in [0.717, 1.165) is 17.8 Å². The van der Waals surface area contributed by atoms with E-state index >= 15 is 0 Å². The van der Waals surface area contributed by atoms with Gasteiger partial charge in [-0.2, -0.15) is 5.10 Å². The molecule has 18 heavy (non-hydrogen) atoms. The first kappa shape index (κ1) is 11.2. The summed E-state index contributed by atoms with van der Waals surface area (Å²) in [5, 5.41) is 4.41. The first-order valence-electron chi connectivity index (χ1n) is 6.31. The summed E-state index contributed by atoms with van der Waals surface area (Å²) in [6.45, 7) is 2.16. The maximum Gasteiger partial charge on any atom is 0.133 e. The Morgan fingerprint density at radius 2 is 2.00 bits per heavy atom. The Morgan fingerprint density at radius 1 is 1.22 bits per heavy atom. The second kappa shape index (κ2) is 4.09. The van der Waals surface area contributed by atoms with Crippen molar-refractivity contribution in [2.45, 2.75) is 31.6 Å². The first-order valence-corrected chi connectivity index (χ1v) is 6.31. The molecule has 1 fully saturated rings. The van der Waals surface area contributed by atoms with Gasteiger partial charge in [-0.25, -0.2) is 4.68 Å². The Kier molecular flexibility index (Phi) is 2.54. The lowest BCUT2D eigenvalue weighted by atomic mass is 9.85. The number of carbonyl (C=O) groups excluding carboxylic acids is 1. The van der Waals surface area contributed by atoms with Crippen LogP contribution in [0.1, 0.15) is 31.9 Å². The Hall–Kier alpha value is -1.90. The summed E-state index contributed by atoms with van der Waals surface area (Å²) in [5.74, 6) is 0.360. The molecule has 0 aliphatic heterocycles. The third-order valence-electron chi connectivity index (χ3n) is 3.80. The maximum atomic E-state index is 11.6. The average Bonchev–Trinajstić information content (AvgIpc) is 2.98. The van der Waals surface area contributed by atoms with Crippen molar-refractivity contribution in [1.82, 2.24) is 9.78 Å². The molecule has 1 saturated carbocycles. The number of nitrogens with zero attached hydrogens (tertiary/aromatic N) is 2. The summed E-state index contributed by atoms with van der Waals surface area (Å²) in [6.07, 6.45) is 4.06. The van der Waals surface area contributed by atoms with E-state index in [2.05, 4.69) is 12.0 Å². The van der Waals surface area contributed by atoms with Crippen LogP contribution < -0.4 is 0 Å². The minimum atomic E-state index is -0.0660. The lowest BCUT2D eigenvalue weighted by molar-refractivity contribution is -0.117. The molecule has 1 aromatic heterocycles. The van der Waals surface area contributed by atoms with Gasteiger partial charge in [-0.15, -0.1) is 0 Å². The zero-order valence-corrected chi connectivity index (χ0v) is 10.5. The van der Waals surface area contributed by atoms with Gasteiger partial charge in [0.05, 0.1) is 11.4 Å². The van der Waals surface area contributed by atoms with Gasteiger partial charge in [-0.05, 0) is 24.6 Å². The standard InChI is InChI=1S/C15H16N2O/c1-15(9-7-13(18)11-15)14-8-10-16-17(14)12-5-3-2-4-6-12/h2-6,8,10H,7,9,11H2,1H3. The maximum absolute atomic E-state index is 11.6. The van der Waals surface area contributed by atoms with Crippen LogP contribution >= 0.6 is 0 Å².